The molecule has 2 amide bonds. The van der Waals surface area contributed by atoms with Crippen LogP contribution in [0.1, 0.15) is 32.8 Å². The van der Waals surface area contributed by atoms with Gasteiger partial charge in [0.05, 0.1) is 7.11 Å². The molecular formula is C17H23FN2O3. The molecule has 23 heavy (non-hydrogen) atoms. The van der Waals surface area contributed by atoms with Crippen LogP contribution in [-0.2, 0) is 9.59 Å². The van der Waals surface area contributed by atoms with Gasteiger partial charge in [-0.2, -0.15) is 0 Å². The molecule has 1 aromatic carbocycles. The van der Waals surface area contributed by atoms with Crippen molar-refractivity contribution >= 4 is 17.9 Å². The largest absolute Gasteiger partial charge is 0.494 e. The third kappa shape index (κ3) is 6.10. The molecule has 126 valence electrons. The minimum atomic E-state index is -0.645. The SMILES string of the molecule is CCC(C)NC(=O)C(C)NC(=O)C=Cc1ccc(OC)c(F)c1. The average Bonchev–Trinajstić information content (AvgIpc) is 2.52. The molecule has 1 aromatic rings. The predicted octanol–water partition coefficient (Wildman–Crippen LogP) is 2.27. The Morgan fingerprint density at radius 1 is 1.30 bits per heavy atom. The van der Waals surface area contributed by atoms with Crippen molar-refractivity contribution in [1.82, 2.24) is 10.6 Å². The van der Waals surface area contributed by atoms with Crippen LogP contribution in [0.4, 0.5) is 4.39 Å². The first kappa shape index (κ1) is 18.7. The van der Waals surface area contributed by atoms with Crippen molar-refractivity contribution in [3.63, 3.8) is 0 Å². The van der Waals surface area contributed by atoms with Crippen molar-refractivity contribution in [2.75, 3.05) is 7.11 Å². The van der Waals surface area contributed by atoms with Gasteiger partial charge in [-0.25, -0.2) is 4.39 Å². The van der Waals surface area contributed by atoms with E-state index in [2.05, 4.69) is 10.6 Å². The van der Waals surface area contributed by atoms with Crippen LogP contribution in [0.15, 0.2) is 24.3 Å². The number of benzene rings is 1. The molecule has 2 unspecified atom stereocenters. The fourth-order valence-corrected chi connectivity index (χ4v) is 1.76. The zero-order valence-corrected chi connectivity index (χ0v) is 13.9. The molecule has 0 aliphatic rings. The van der Waals surface area contributed by atoms with E-state index < -0.39 is 17.8 Å². The quantitative estimate of drug-likeness (QED) is 0.757. The van der Waals surface area contributed by atoms with Crippen molar-refractivity contribution in [3.8, 4) is 5.75 Å². The van der Waals surface area contributed by atoms with E-state index in [4.69, 9.17) is 4.74 Å². The molecule has 2 N–H and O–H groups in total. The second kappa shape index (κ2) is 8.92. The molecule has 0 aliphatic carbocycles. The summed E-state index contributed by atoms with van der Waals surface area (Å²) in [5.74, 6) is -1.03. The maximum atomic E-state index is 13.5. The van der Waals surface area contributed by atoms with Gasteiger partial charge in [-0.05, 0) is 44.0 Å². The average molecular weight is 322 g/mol. The highest BCUT2D eigenvalue weighted by Crippen LogP contribution is 2.18. The second-order valence-electron chi connectivity index (χ2n) is 5.28. The van der Waals surface area contributed by atoms with E-state index in [1.54, 1.807) is 13.0 Å². The Morgan fingerprint density at radius 2 is 2.00 bits per heavy atom. The van der Waals surface area contributed by atoms with E-state index in [1.165, 1.54) is 31.4 Å². The normalized spacial score (nSPS) is 13.4. The Hall–Kier alpha value is -2.37. The van der Waals surface area contributed by atoms with Crippen LogP contribution in [0, 0.1) is 5.82 Å². The molecule has 0 fully saturated rings. The van der Waals surface area contributed by atoms with Gasteiger partial charge in [0.1, 0.15) is 6.04 Å². The maximum Gasteiger partial charge on any atom is 0.244 e. The molecule has 0 saturated carbocycles. The van der Waals surface area contributed by atoms with Gasteiger partial charge in [0.25, 0.3) is 0 Å². The molecule has 0 heterocycles. The lowest BCUT2D eigenvalue weighted by Crippen LogP contribution is -2.46. The first-order valence-electron chi connectivity index (χ1n) is 7.49. The van der Waals surface area contributed by atoms with E-state index >= 15 is 0 Å². The van der Waals surface area contributed by atoms with E-state index in [9.17, 15) is 14.0 Å². The molecule has 5 nitrogen and oxygen atoms in total. The number of carbonyl (C=O) groups is 2. The number of methoxy groups -OCH3 is 1. The summed E-state index contributed by atoms with van der Waals surface area (Å²) in [5, 5.41) is 5.35. The smallest absolute Gasteiger partial charge is 0.244 e. The van der Waals surface area contributed by atoms with Gasteiger partial charge in [0, 0.05) is 12.1 Å². The van der Waals surface area contributed by atoms with E-state index in [0.717, 1.165) is 6.42 Å². The molecule has 0 radical (unpaired) electrons. The molecular weight excluding hydrogens is 299 g/mol. The highest BCUT2D eigenvalue weighted by molar-refractivity contribution is 5.95. The number of rotatable bonds is 7. The number of amides is 2. The van der Waals surface area contributed by atoms with Crippen LogP contribution in [0.2, 0.25) is 0 Å². The van der Waals surface area contributed by atoms with E-state index in [1.807, 2.05) is 13.8 Å². The van der Waals surface area contributed by atoms with Crippen LogP contribution in [0.5, 0.6) is 5.75 Å². The van der Waals surface area contributed by atoms with Gasteiger partial charge < -0.3 is 15.4 Å². The Bertz CT molecular complexity index is 587. The Labute approximate surface area is 135 Å². The summed E-state index contributed by atoms with van der Waals surface area (Å²) in [7, 11) is 1.38. The zero-order valence-electron chi connectivity index (χ0n) is 13.9. The van der Waals surface area contributed by atoms with Crippen LogP contribution in [0.3, 0.4) is 0 Å². The van der Waals surface area contributed by atoms with Gasteiger partial charge in [0.2, 0.25) is 11.8 Å². The molecule has 0 spiro atoms. The van der Waals surface area contributed by atoms with Crippen molar-refractivity contribution in [2.45, 2.75) is 39.3 Å². The first-order valence-corrected chi connectivity index (χ1v) is 7.49. The van der Waals surface area contributed by atoms with Crippen molar-refractivity contribution in [2.24, 2.45) is 0 Å². The third-order valence-electron chi connectivity index (χ3n) is 3.36. The molecule has 0 saturated heterocycles. The number of nitrogens with one attached hydrogen (secondary N) is 2. The Kier molecular flexibility index (Phi) is 7.25. The van der Waals surface area contributed by atoms with Gasteiger partial charge >= 0.3 is 0 Å². The number of carbonyl (C=O) groups excluding carboxylic acids is 2. The minimum absolute atomic E-state index is 0.0552. The topological polar surface area (TPSA) is 67.4 Å². The summed E-state index contributed by atoms with van der Waals surface area (Å²) >= 11 is 0. The third-order valence-corrected chi connectivity index (χ3v) is 3.36. The highest BCUT2D eigenvalue weighted by Gasteiger charge is 2.15. The summed E-state index contributed by atoms with van der Waals surface area (Å²) in [5.41, 5.74) is 0.523. The highest BCUT2D eigenvalue weighted by atomic mass is 19.1. The van der Waals surface area contributed by atoms with E-state index in [0.29, 0.717) is 5.56 Å². The number of hydrogen-bond donors (Lipinski definition) is 2. The molecule has 0 aromatic heterocycles. The standard InChI is InChI=1S/C17H23FN2O3/c1-5-11(2)19-17(22)12(3)20-16(21)9-7-13-6-8-15(23-4)14(18)10-13/h6-12H,5H2,1-4H3,(H,19,22)(H,20,21). The van der Waals surface area contributed by atoms with Gasteiger partial charge in [-0.3, -0.25) is 9.59 Å². The van der Waals surface area contributed by atoms with Crippen molar-refractivity contribution < 1.29 is 18.7 Å². The van der Waals surface area contributed by atoms with Crippen LogP contribution in [0.25, 0.3) is 6.08 Å². The molecule has 0 bridgehead atoms. The predicted molar refractivity (Wildman–Crippen MR) is 87.5 cm³/mol. The number of halogens is 1. The number of hydrogen-bond acceptors (Lipinski definition) is 3. The van der Waals surface area contributed by atoms with Crippen molar-refractivity contribution in [3.05, 3.63) is 35.7 Å². The number of ether oxygens (including phenoxy) is 1. The van der Waals surface area contributed by atoms with Gasteiger partial charge in [-0.15, -0.1) is 0 Å². The summed E-state index contributed by atoms with van der Waals surface area (Å²) in [6, 6.07) is 3.79. The fraction of sp³-hybridized carbons (Fsp3) is 0.412. The van der Waals surface area contributed by atoms with Crippen LogP contribution in [-0.4, -0.2) is 31.0 Å². The first-order chi connectivity index (χ1) is 10.9. The lowest BCUT2D eigenvalue weighted by molar-refractivity contribution is -0.127. The van der Waals surface area contributed by atoms with Crippen molar-refractivity contribution in [1.29, 1.82) is 0 Å². The minimum Gasteiger partial charge on any atom is -0.494 e. The summed E-state index contributed by atoms with van der Waals surface area (Å²) < 4.78 is 18.4. The monoisotopic (exact) mass is 322 g/mol. The van der Waals surface area contributed by atoms with Crippen LogP contribution >= 0.6 is 0 Å². The second-order valence-corrected chi connectivity index (χ2v) is 5.28. The molecule has 1 rings (SSSR count). The lowest BCUT2D eigenvalue weighted by Gasteiger charge is -2.16. The molecule has 6 heteroatoms. The molecule has 2 atom stereocenters. The zero-order chi connectivity index (χ0) is 17.4. The summed E-state index contributed by atoms with van der Waals surface area (Å²) in [4.78, 5) is 23.6. The summed E-state index contributed by atoms with van der Waals surface area (Å²) in [6.07, 6.45) is 3.54. The van der Waals surface area contributed by atoms with Gasteiger partial charge in [-0.1, -0.05) is 13.0 Å². The van der Waals surface area contributed by atoms with Crippen LogP contribution < -0.4 is 15.4 Å². The van der Waals surface area contributed by atoms with Gasteiger partial charge in [0.15, 0.2) is 11.6 Å². The Balaban J connectivity index is 2.58. The Morgan fingerprint density at radius 3 is 2.57 bits per heavy atom. The van der Waals surface area contributed by atoms with E-state index in [-0.39, 0.29) is 17.7 Å². The lowest BCUT2D eigenvalue weighted by atomic mass is 10.2. The maximum absolute atomic E-state index is 13.5. The summed E-state index contributed by atoms with van der Waals surface area (Å²) in [6.45, 7) is 5.46. The molecule has 0 aliphatic heterocycles. The fourth-order valence-electron chi connectivity index (χ4n) is 1.76.